The summed E-state index contributed by atoms with van der Waals surface area (Å²) in [5.74, 6) is 0.771. The summed E-state index contributed by atoms with van der Waals surface area (Å²) < 4.78 is 38.7. The van der Waals surface area contributed by atoms with E-state index in [4.69, 9.17) is 9.15 Å². The van der Waals surface area contributed by atoms with Gasteiger partial charge in [0.2, 0.25) is 0 Å². The van der Waals surface area contributed by atoms with Crippen molar-refractivity contribution < 1.29 is 23.0 Å². The SMILES string of the molecule is COc1nc(N(CC2CC2)C2CC2)c2c(=O)oc(-c3cc(O)cc4cccc(F)c34)c(C)c2n1.FC1CC2CCCN2C1. The highest BCUT2D eigenvalue weighted by atomic mass is 19.1. The number of nitrogens with zero attached hydrogens (tertiary/aromatic N) is 4. The van der Waals surface area contributed by atoms with Crippen molar-refractivity contribution in [2.75, 3.05) is 31.6 Å². The van der Waals surface area contributed by atoms with Gasteiger partial charge >= 0.3 is 11.6 Å². The maximum Gasteiger partial charge on any atom is 0.349 e. The second-order valence-corrected chi connectivity index (χ2v) is 12.4. The summed E-state index contributed by atoms with van der Waals surface area (Å²) in [6, 6.07) is 8.61. The van der Waals surface area contributed by atoms with E-state index in [1.54, 1.807) is 19.1 Å². The second-order valence-electron chi connectivity index (χ2n) is 12.4. The fourth-order valence-corrected chi connectivity index (χ4v) is 6.72. The molecule has 0 bridgehead atoms. The molecule has 2 aliphatic carbocycles. The number of methoxy groups -OCH3 is 1. The Labute approximate surface area is 248 Å². The highest BCUT2D eigenvalue weighted by Crippen LogP contribution is 2.41. The highest BCUT2D eigenvalue weighted by molar-refractivity contribution is 6.00. The molecule has 1 N–H and O–H groups in total. The highest BCUT2D eigenvalue weighted by Gasteiger charge is 2.37. The molecule has 8 nitrogen and oxygen atoms in total. The van der Waals surface area contributed by atoms with E-state index < -0.39 is 17.6 Å². The molecule has 43 heavy (non-hydrogen) atoms. The lowest BCUT2D eigenvalue weighted by Crippen LogP contribution is -2.30. The summed E-state index contributed by atoms with van der Waals surface area (Å²) in [4.78, 5) is 27.0. The van der Waals surface area contributed by atoms with Crippen LogP contribution in [0.1, 0.15) is 50.5 Å². The van der Waals surface area contributed by atoms with E-state index in [1.165, 1.54) is 51.0 Å². The van der Waals surface area contributed by atoms with Gasteiger partial charge in [0, 0.05) is 41.7 Å². The van der Waals surface area contributed by atoms with Crippen molar-refractivity contribution >= 4 is 27.5 Å². The molecular formula is C33H36F2N4O4. The Morgan fingerprint density at radius 3 is 2.67 bits per heavy atom. The molecule has 2 atom stereocenters. The first-order valence-corrected chi connectivity index (χ1v) is 15.3. The van der Waals surface area contributed by atoms with Gasteiger partial charge in [-0.15, -0.1) is 0 Å². The first kappa shape index (κ1) is 28.0. The summed E-state index contributed by atoms with van der Waals surface area (Å²) in [6.07, 6.45) is 7.27. The Morgan fingerprint density at radius 1 is 1.14 bits per heavy atom. The summed E-state index contributed by atoms with van der Waals surface area (Å²) >= 11 is 0. The molecule has 2 aliphatic heterocycles. The van der Waals surface area contributed by atoms with Gasteiger partial charge in [-0.05, 0) is 87.9 Å². The van der Waals surface area contributed by atoms with E-state index in [1.807, 2.05) is 0 Å². The van der Waals surface area contributed by atoms with Crippen molar-refractivity contribution in [3.63, 3.8) is 0 Å². The number of anilines is 1. The number of rotatable bonds is 6. The molecule has 4 aliphatic rings. The summed E-state index contributed by atoms with van der Waals surface area (Å²) in [5, 5.41) is 11.4. The molecule has 2 aromatic carbocycles. The molecule has 4 fully saturated rings. The third-order valence-corrected chi connectivity index (χ3v) is 9.17. The van der Waals surface area contributed by atoms with Crippen LogP contribution in [0, 0.1) is 18.7 Å². The van der Waals surface area contributed by atoms with Crippen LogP contribution >= 0.6 is 0 Å². The molecule has 4 heterocycles. The van der Waals surface area contributed by atoms with Gasteiger partial charge in [-0.25, -0.2) is 13.6 Å². The zero-order valence-corrected chi connectivity index (χ0v) is 24.5. The van der Waals surface area contributed by atoms with Crippen LogP contribution in [0.25, 0.3) is 33.0 Å². The van der Waals surface area contributed by atoms with E-state index in [0.29, 0.717) is 57.8 Å². The number of aromatic hydroxyl groups is 1. The number of ether oxygens (including phenoxy) is 1. The fourth-order valence-electron chi connectivity index (χ4n) is 6.72. The lowest BCUT2D eigenvalue weighted by molar-refractivity contribution is 0.292. The number of fused-ring (bicyclic) bond motifs is 3. The van der Waals surface area contributed by atoms with Crippen molar-refractivity contribution in [1.82, 2.24) is 14.9 Å². The van der Waals surface area contributed by atoms with Gasteiger partial charge in [0.25, 0.3) is 0 Å². The van der Waals surface area contributed by atoms with E-state index in [-0.39, 0.29) is 22.9 Å². The van der Waals surface area contributed by atoms with Gasteiger partial charge in [0.15, 0.2) is 5.82 Å². The number of phenolic OH excluding ortho intramolecular Hbond substituents is 1. The number of aromatic nitrogens is 2. The van der Waals surface area contributed by atoms with Crippen LogP contribution in [0.15, 0.2) is 39.5 Å². The number of hydrogen-bond acceptors (Lipinski definition) is 8. The molecule has 0 amide bonds. The van der Waals surface area contributed by atoms with Crippen LogP contribution in [0.2, 0.25) is 0 Å². The molecule has 2 saturated heterocycles. The van der Waals surface area contributed by atoms with Gasteiger partial charge < -0.3 is 19.2 Å². The summed E-state index contributed by atoms with van der Waals surface area (Å²) in [5.41, 5.74) is 0.652. The maximum absolute atomic E-state index is 14.9. The Balaban J connectivity index is 0.000000283. The third-order valence-electron chi connectivity index (χ3n) is 9.17. The quantitative estimate of drug-likeness (QED) is 0.287. The lowest BCUT2D eigenvalue weighted by atomic mass is 9.98. The van der Waals surface area contributed by atoms with Gasteiger partial charge in [-0.3, -0.25) is 4.90 Å². The molecule has 8 rings (SSSR count). The van der Waals surface area contributed by atoms with Crippen molar-refractivity contribution in [3.05, 3.63) is 52.1 Å². The standard InChI is InChI=1S/C26H24FN3O4.C7H12FN/c1-13-22-21(24(29-26(28-22)33-2)30(16-8-9-16)12-14-6-7-14)25(32)34-23(13)18-11-17(31)10-15-4-3-5-19(27)20(15)18;8-6-4-7-2-1-3-9(7)5-6/h3-5,10-11,14,16,31H,6-9,12H2,1-2H3;6-7H,1-5H2. The number of aryl methyl sites for hydroxylation is 1. The molecule has 10 heteroatoms. The minimum Gasteiger partial charge on any atom is -0.508 e. The van der Waals surface area contributed by atoms with Gasteiger partial charge in [-0.1, -0.05) is 12.1 Å². The van der Waals surface area contributed by atoms with Crippen LogP contribution in [0.3, 0.4) is 0 Å². The minimum atomic E-state index is -0.595. The Morgan fingerprint density at radius 2 is 1.95 bits per heavy atom. The number of halogens is 2. The van der Waals surface area contributed by atoms with Crippen LogP contribution in [-0.2, 0) is 0 Å². The molecule has 0 radical (unpaired) electrons. The Hall–Kier alpha value is -3.79. The predicted molar refractivity (Wildman–Crippen MR) is 161 cm³/mol. The predicted octanol–water partition coefficient (Wildman–Crippen LogP) is 6.14. The topological polar surface area (TPSA) is 91.9 Å². The number of hydrogen-bond donors (Lipinski definition) is 1. The molecule has 2 unspecified atom stereocenters. The van der Waals surface area contributed by atoms with E-state index >= 15 is 0 Å². The number of phenols is 1. The Kier molecular flexibility index (Phi) is 7.19. The van der Waals surface area contributed by atoms with E-state index in [0.717, 1.165) is 32.4 Å². The maximum atomic E-state index is 14.9. The lowest BCUT2D eigenvalue weighted by Gasteiger charge is -2.25. The van der Waals surface area contributed by atoms with Crippen molar-refractivity contribution in [1.29, 1.82) is 0 Å². The minimum absolute atomic E-state index is 0.0551. The normalized spacial score (nSPS) is 21.6. The zero-order chi connectivity index (χ0) is 29.8. The average molecular weight is 591 g/mol. The summed E-state index contributed by atoms with van der Waals surface area (Å²) in [6.45, 7) is 4.47. The van der Waals surface area contributed by atoms with Crippen LogP contribution in [-0.4, -0.2) is 65.0 Å². The molecule has 2 saturated carbocycles. The molecule has 2 aromatic heterocycles. The smallest absolute Gasteiger partial charge is 0.349 e. The molecule has 226 valence electrons. The first-order valence-electron chi connectivity index (χ1n) is 15.3. The summed E-state index contributed by atoms with van der Waals surface area (Å²) in [7, 11) is 1.49. The third kappa shape index (κ3) is 5.41. The zero-order valence-electron chi connectivity index (χ0n) is 24.5. The van der Waals surface area contributed by atoms with Crippen LogP contribution < -0.4 is 15.3 Å². The van der Waals surface area contributed by atoms with Crippen molar-refractivity contribution in [2.24, 2.45) is 5.92 Å². The molecule has 0 spiro atoms. The van der Waals surface area contributed by atoms with Gasteiger partial charge in [0.05, 0.1) is 12.6 Å². The first-order chi connectivity index (χ1) is 20.8. The van der Waals surface area contributed by atoms with Crippen molar-refractivity contribution in [2.45, 2.75) is 70.1 Å². The van der Waals surface area contributed by atoms with Gasteiger partial charge in [-0.2, -0.15) is 9.97 Å². The van der Waals surface area contributed by atoms with E-state index in [2.05, 4.69) is 19.8 Å². The average Bonchev–Trinajstić information content (AvgIpc) is 3.91. The largest absolute Gasteiger partial charge is 0.508 e. The van der Waals surface area contributed by atoms with Crippen molar-refractivity contribution in [3.8, 4) is 23.1 Å². The van der Waals surface area contributed by atoms with E-state index in [9.17, 15) is 18.7 Å². The second kappa shape index (κ2) is 11.0. The van der Waals surface area contributed by atoms with Crippen LogP contribution in [0.5, 0.6) is 11.8 Å². The molecule has 4 aromatic rings. The number of alkyl halides is 1. The molecular weight excluding hydrogens is 554 g/mol. The van der Waals surface area contributed by atoms with Gasteiger partial charge in [0.1, 0.15) is 28.9 Å². The van der Waals surface area contributed by atoms with Crippen LogP contribution in [0.4, 0.5) is 14.6 Å². The number of benzene rings is 2. The Bertz CT molecular complexity index is 1740. The fraction of sp³-hybridized carbons (Fsp3) is 0.485. The monoisotopic (exact) mass is 590 g/mol.